The van der Waals surface area contributed by atoms with E-state index >= 15 is 0 Å². The van der Waals surface area contributed by atoms with E-state index in [-0.39, 0.29) is 17.8 Å². The molecule has 134 valence electrons. The summed E-state index contributed by atoms with van der Waals surface area (Å²) in [5, 5.41) is 3.81. The van der Waals surface area contributed by atoms with Gasteiger partial charge in [-0.3, -0.25) is 9.78 Å². The number of nitrogens with zero attached hydrogens (tertiary/aromatic N) is 2. The van der Waals surface area contributed by atoms with E-state index in [1.165, 1.54) is 12.1 Å². The lowest BCUT2D eigenvalue weighted by Crippen LogP contribution is -2.34. The van der Waals surface area contributed by atoms with E-state index in [0.717, 1.165) is 22.2 Å². The van der Waals surface area contributed by atoms with Gasteiger partial charge in [-0.1, -0.05) is 30.3 Å². The van der Waals surface area contributed by atoms with Crippen LogP contribution >= 0.6 is 0 Å². The average molecular weight is 351 g/mol. The number of carbonyl (C=O) groups is 1. The number of halogens is 1. The van der Waals surface area contributed by atoms with Crippen LogP contribution in [-0.4, -0.2) is 36.4 Å². The number of benzene rings is 2. The quantitative estimate of drug-likeness (QED) is 0.762. The predicted octanol–water partition coefficient (Wildman–Crippen LogP) is 3.72. The number of hydrogen-bond acceptors (Lipinski definition) is 3. The number of pyridine rings is 1. The average Bonchev–Trinajstić information content (AvgIpc) is 2.60. The summed E-state index contributed by atoms with van der Waals surface area (Å²) in [7, 11) is 3.82. The molecule has 5 heteroatoms. The second-order valence-corrected chi connectivity index (χ2v) is 6.57. The number of amides is 1. The topological polar surface area (TPSA) is 45.2 Å². The summed E-state index contributed by atoms with van der Waals surface area (Å²) < 4.78 is 13.6. The molecule has 3 aromatic rings. The maximum Gasteiger partial charge on any atom is 0.252 e. The summed E-state index contributed by atoms with van der Waals surface area (Å²) >= 11 is 0. The zero-order valence-electron chi connectivity index (χ0n) is 15.2. The Kier molecular flexibility index (Phi) is 5.28. The van der Waals surface area contributed by atoms with Gasteiger partial charge in [0.25, 0.3) is 5.91 Å². The Labute approximate surface area is 152 Å². The molecule has 26 heavy (non-hydrogen) atoms. The van der Waals surface area contributed by atoms with Crippen molar-refractivity contribution in [3.63, 3.8) is 0 Å². The summed E-state index contributed by atoms with van der Waals surface area (Å²) in [6, 6.07) is 15.7. The SMILES string of the molecule is Cc1cc(C(=O)NCC(c2cccc(F)c2)N(C)C)c2ccccc2n1. The summed E-state index contributed by atoms with van der Waals surface area (Å²) in [6.45, 7) is 2.25. The van der Waals surface area contributed by atoms with Crippen LogP contribution in [0.25, 0.3) is 10.9 Å². The van der Waals surface area contributed by atoms with E-state index in [1.54, 1.807) is 12.1 Å². The van der Waals surface area contributed by atoms with Crippen molar-refractivity contribution in [2.24, 2.45) is 0 Å². The van der Waals surface area contributed by atoms with Crippen molar-refractivity contribution in [3.05, 3.63) is 77.2 Å². The molecule has 4 nitrogen and oxygen atoms in total. The molecule has 0 aliphatic heterocycles. The molecule has 0 fully saturated rings. The molecule has 1 atom stereocenters. The second kappa shape index (κ2) is 7.62. The molecule has 1 N–H and O–H groups in total. The van der Waals surface area contributed by atoms with Gasteiger partial charge in [-0.25, -0.2) is 4.39 Å². The van der Waals surface area contributed by atoms with Gasteiger partial charge in [-0.05, 0) is 50.8 Å². The zero-order valence-corrected chi connectivity index (χ0v) is 15.2. The first-order chi connectivity index (χ1) is 12.5. The monoisotopic (exact) mass is 351 g/mol. The number of rotatable bonds is 5. The fraction of sp³-hybridized carbons (Fsp3) is 0.238. The number of hydrogen-bond donors (Lipinski definition) is 1. The van der Waals surface area contributed by atoms with Crippen molar-refractivity contribution in [1.82, 2.24) is 15.2 Å². The van der Waals surface area contributed by atoms with Crippen LogP contribution < -0.4 is 5.32 Å². The number of carbonyl (C=O) groups excluding carboxylic acids is 1. The Morgan fingerprint density at radius 2 is 1.92 bits per heavy atom. The minimum Gasteiger partial charge on any atom is -0.350 e. The van der Waals surface area contributed by atoms with Crippen LogP contribution in [0.5, 0.6) is 0 Å². The van der Waals surface area contributed by atoms with Gasteiger partial charge < -0.3 is 10.2 Å². The Morgan fingerprint density at radius 3 is 2.65 bits per heavy atom. The number of nitrogens with one attached hydrogen (secondary N) is 1. The molecule has 0 saturated heterocycles. The standard InChI is InChI=1S/C21H22FN3O/c1-14-11-18(17-9-4-5-10-19(17)24-14)21(26)23-13-20(25(2)3)15-7-6-8-16(22)12-15/h4-12,20H,13H2,1-3H3,(H,23,26). The molecule has 0 radical (unpaired) electrons. The molecule has 3 rings (SSSR count). The van der Waals surface area contributed by atoms with E-state index in [2.05, 4.69) is 10.3 Å². The maximum atomic E-state index is 13.6. The molecule has 0 bridgehead atoms. The Bertz CT molecular complexity index is 939. The van der Waals surface area contributed by atoms with Crippen molar-refractivity contribution in [1.29, 1.82) is 0 Å². The highest BCUT2D eigenvalue weighted by atomic mass is 19.1. The maximum absolute atomic E-state index is 13.6. The molecular weight excluding hydrogens is 329 g/mol. The first-order valence-corrected chi connectivity index (χ1v) is 8.52. The van der Waals surface area contributed by atoms with Gasteiger partial charge >= 0.3 is 0 Å². The highest BCUT2D eigenvalue weighted by Crippen LogP contribution is 2.20. The van der Waals surface area contributed by atoms with Gasteiger partial charge in [0.1, 0.15) is 5.82 Å². The molecule has 1 unspecified atom stereocenters. The van der Waals surface area contributed by atoms with E-state index in [4.69, 9.17) is 0 Å². The van der Waals surface area contributed by atoms with Crippen molar-refractivity contribution >= 4 is 16.8 Å². The minimum atomic E-state index is -0.281. The fourth-order valence-corrected chi connectivity index (χ4v) is 3.09. The Balaban J connectivity index is 1.83. The molecule has 1 aromatic heterocycles. The number of aryl methyl sites for hydroxylation is 1. The summed E-state index contributed by atoms with van der Waals surface area (Å²) in [5.74, 6) is -0.439. The van der Waals surface area contributed by atoms with E-state index < -0.39 is 0 Å². The molecule has 0 saturated carbocycles. The number of likely N-dealkylation sites (N-methyl/N-ethyl adjacent to an activating group) is 1. The van der Waals surface area contributed by atoms with Crippen LogP contribution in [0.1, 0.15) is 27.7 Å². The summed E-state index contributed by atoms with van der Waals surface area (Å²) in [4.78, 5) is 19.2. The van der Waals surface area contributed by atoms with Crippen LogP contribution in [-0.2, 0) is 0 Å². The van der Waals surface area contributed by atoms with Gasteiger partial charge in [0.15, 0.2) is 0 Å². The van der Waals surface area contributed by atoms with Crippen molar-refractivity contribution in [2.45, 2.75) is 13.0 Å². The van der Waals surface area contributed by atoms with Crippen LogP contribution in [0.2, 0.25) is 0 Å². The predicted molar refractivity (Wildman–Crippen MR) is 102 cm³/mol. The highest BCUT2D eigenvalue weighted by Gasteiger charge is 2.18. The third kappa shape index (κ3) is 3.89. The van der Waals surface area contributed by atoms with Crippen molar-refractivity contribution in [2.75, 3.05) is 20.6 Å². The normalized spacial score (nSPS) is 12.3. The lowest BCUT2D eigenvalue weighted by molar-refractivity contribution is 0.0943. The molecular formula is C21H22FN3O. The van der Waals surface area contributed by atoms with Crippen molar-refractivity contribution in [3.8, 4) is 0 Å². The van der Waals surface area contributed by atoms with Gasteiger partial charge in [0, 0.05) is 17.6 Å². The van der Waals surface area contributed by atoms with Gasteiger partial charge in [-0.2, -0.15) is 0 Å². The lowest BCUT2D eigenvalue weighted by atomic mass is 10.0. The largest absolute Gasteiger partial charge is 0.350 e. The zero-order chi connectivity index (χ0) is 18.7. The third-order valence-electron chi connectivity index (χ3n) is 4.40. The Morgan fingerprint density at radius 1 is 1.15 bits per heavy atom. The van der Waals surface area contributed by atoms with Gasteiger partial charge in [0.2, 0.25) is 0 Å². The molecule has 1 amide bonds. The van der Waals surface area contributed by atoms with Gasteiger partial charge in [0.05, 0.1) is 17.1 Å². The number of aromatic nitrogens is 1. The minimum absolute atomic E-state index is 0.121. The van der Waals surface area contributed by atoms with Crippen LogP contribution in [0, 0.1) is 12.7 Å². The molecule has 0 aliphatic carbocycles. The van der Waals surface area contributed by atoms with Crippen LogP contribution in [0.3, 0.4) is 0 Å². The molecule has 0 spiro atoms. The molecule has 2 aromatic carbocycles. The van der Waals surface area contributed by atoms with Gasteiger partial charge in [-0.15, -0.1) is 0 Å². The molecule has 1 heterocycles. The number of para-hydroxylation sites is 1. The summed E-state index contributed by atoms with van der Waals surface area (Å²) in [5.41, 5.74) is 3.02. The van der Waals surface area contributed by atoms with E-state index in [0.29, 0.717) is 12.1 Å². The first kappa shape index (κ1) is 18.0. The lowest BCUT2D eigenvalue weighted by Gasteiger charge is -2.25. The third-order valence-corrected chi connectivity index (χ3v) is 4.40. The van der Waals surface area contributed by atoms with Crippen LogP contribution in [0.4, 0.5) is 4.39 Å². The van der Waals surface area contributed by atoms with E-state index in [9.17, 15) is 9.18 Å². The highest BCUT2D eigenvalue weighted by molar-refractivity contribution is 6.06. The summed E-state index contributed by atoms with van der Waals surface area (Å²) in [6.07, 6.45) is 0. The first-order valence-electron chi connectivity index (χ1n) is 8.52. The van der Waals surface area contributed by atoms with Crippen LogP contribution in [0.15, 0.2) is 54.6 Å². The second-order valence-electron chi connectivity index (χ2n) is 6.57. The molecule has 0 aliphatic rings. The van der Waals surface area contributed by atoms with E-state index in [1.807, 2.05) is 56.3 Å². The smallest absolute Gasteiger partial charge is 0.252 e. The Hall–Kier alpha value is -2.79. The fourth-order valence-electron chi connectivity index (χ4n) is 3.09. The number of fused-ring (bicyclic) bond motifs is 1. The van der Waals surface area contributed by atoms with Crippen molar-refractivity contribution < 1.29 is 9.18 Å².